The van der Waals surface area contributed by atoms with E-state index >= 15 is 0 Å². The lowest BCUT2D eigenvalue weighted by molar-refractivity contribution is -0.274. The minimum absolute atomic E-state index is 0.0500. The Morgan fingerprint density at radius 3 is 2.57 bits per heavy atom. The second-order valence-corrected chi connectivity index (χ2v) is 5.00. The van der Waals surface area contributed by atoms with Crippen molar-refractivity contribution >= 4 is 11.6 Å². The number of nitrogens with zero attached hydrogens (tertiary/aromatic N) is 1. The van der Waals surface area contributed by atoms with Crippen molar-refractivity contribution in [2.45, 2.75) is 32.2 Å². The molecule has 116 valence electrons. The minimum Gasteiger partial charge on any atom is -0.406 e. The van der Waals surface area contributed by atoms with Crippen LogP contribution in [-0.2, 0) is 4.79 Å². The van der Waals surface area contributed by atoms with E-state index in [-0.39, 0.29) is 17.7 Å². The molecule has 4 nitrogen and oxygen atoms in total. The molecule has 0 spiro atoms. The summed E-state index contributed by atoms with van der Waals surface area (Å²) < 4.78 is 40.4. The number of alkyl halides is 3. The van der Waals surface area contributed by atoms with Crippen molar-refractivity contribution in [1.82, 2.24) is 4.90 Å². The maximum atomic E-state index is 12.2. The van der Waals surface area contributed by atoms with E-state index in [0.29, 0.717) is 18.8 Å². The Morgan fingerprint density at radius 1 is 1.33 bits per heavy atom. The van der Waals surface area contributed by atoms with E-state index in [4.69, 9.17) is 0 Å². The van der Waals surface area contributed by atoms with Gasteiger partial charge in [0.1, 0.15) is 5.75 Å². The highest BCUT2D eigenvalue weighted by molar-refractivity contribution is 5.73. The fraction of sp³-hybridized carbons (Fsp3) is 0.500. The zero-order chi connectivity index (χ0) is 15.5. The van der Waals surface area contributed by atoms with Crippen LogP contribution in [-0.4, -0.2) is 36.3 Å². The van der Waals surface area contributed by atoms with Gasteiger partial charge in [0.25, 0.3) is 0 Å². The number of carbonyl (C=O) groups excluding carboxylic acids is 1. The van der Waals surface area contributed by atoms with Crippen LogP contribution in [0.4, 0.5) is 18.9 Å². The van der Waals surface area contributed by atoms with Gasteiger partial charge in [-0.25, -0.2) is 0 Å². The number of amides is 1. The molecule has 21 heavy (non-hydrogen) atoms. The summed E-state index contributed by atoms with van der Waals surface area (Å²) in [5, 5.41) is 3.18. The van der Waals surface area contributed by atoms with Crippen molar-refractivity contribution in [2.75, 3.05) is 18.4 Å². The van der Waals surface area contributed by atoms with Crippen LogP contribution in [0.5, 0.6) is 5.75 Å². The lowest BCUT2D eigenvalue weighted by Crippen LogP contribution is -2.41. The maximum absolute atomic E-state index is 12.2. The molecule has 1 aromatic carbocycles. The van der Waals surface area contributed by atoms with Crippen molar-refractivity contribution in [1.29, 1.82) is 0 Å². The van der Waals surface area contributed by atoms with E-state index in [9.17, 15) is 18.0 Å². The number of piperidine rings is 1. The molecule has 1 aliphatic heterocycles. The predicted octanol–water partition coefficient (Wildman–Crippen LogP) is 3.01. The van der Waals surface area contributed by atoms with Gasteiger partial charge in [-0.2, -0.15) is 0 Å². The van der Waals surface area contributed by atoms with Crippen LogP contribution in [0.25, 0.3) is 0 Å². The monoisotopic (exact) mass is 302 g/mol. The minimum atomic E-state index is -4.69. The van der Waals surface area contributed by atoms with Crippen LogP contribution >= 0.6 is 0 Å². The summed E-state index contributed by atoms with van der Waals surface area (Å²) in [6.07, 6.45) is -3.15. The number of ether oxygens (including phenoxy) is 1. The average molecular weight is 302 g/mol. The highest BCUT2D eigenvalue weighted by atomic mass is 19.4. The Labute approximate surface area is 120 Å². The smallest absolute Gasteiger partial charge is 0.406 e. The van der Waals surface area contributed by atoms with Crippen LogP contribution < -0.4 is 10.1 Å². The number of rotatable bonds is 3. The summed E-state index contributed by atoms with van der Waals surface area (Å²) in [4.78, 5) is 13.0. The van der Waals surface area contributed by atoms with E-state index in [2.05, 4.69) is 10.1 Å². The van der Waals surface area contributed by atoms with Gasteiger partial charge < -0.3 is 15.0 Å². The normalized spacial score (nSPS) is 16.7. The van der Waals surface area contributed by atoms with E-state index in [1.165, 1.54) is 25.1 Å². The van der Waals surface area contributed by atoms with E-state index in [1.54, 1.807) is 11.0 Å². The molecule has 2 rings (SSSR count). The zero-order valence-electron chi connectivity index (χ0n) is 11.6. The summed E-state index contributed by atoms with van der Waals surface area (Å²) in [5.74, 6) is -0.192. The largest absolute Gasteiger partial charge is 0.573 e. The quantitative estimate of drug-likeness (QED) is 0.933. The number of benzene rings is 1. The van der Waals surface area contributed by atoms with Crippen molar-refractivity contribution in [2.24, 2.45) is 0 Å². The molecule has 1 heterocycles. The maximum Gasteiger partial charge on any atom is 0.573 e. The number of nitrogens with one attached hydrogen (secondary N) is 1. The van der Waals surface area contributed by atoms with Crippen LogP contribution in [0.1, 0.15) is 19.8 Å². The van der Waals surface area contributed by atoms with Gasteiger partial charge in [0.2, 0.25) is 5.91 Å². The highest BCUT2D eigenvalue weighted by Gasteiger charge is 2.31. The molecular weight excluding hydrogens is 285 g/mol. The fourth-order valence-corrected chi connectivity index (χ4v) is 2.36. The van der Waals surface area contributed by atoms with Crippen LogP contribution in [0.2, 0.25) is 0 Å². The average Bonchev–Trinajstić information content (AvgIpc) is 2.37. The van der Waals surface area contributed by atoms with Gasteiger partial charge in [-0.3, -0.25) is 4.79 Å². The molecule has 0 saturated carbocycles. The van der Waals surface area contributed by atoms with Gasteiger partial charge in [0.15, 0.2) is 0 Å². The van der Waals surface area contributed by atoms with Crippen molar-refractivity contribution in [3.05, 3.63) is 24.3 Å². The van der Waals surface area contributed by atoms with Gasteiger partial charge in [0, 0.05) is 37.8 Å². The standard InChI is InChI=1S/C14H17F3N2O2/c1-10(20)19-7-5-11(6-8-19)18-12-3-2-4-13(9-12)21-14(15,16)17/h2-4,9,11,18H,5-8H2,1H3. The molecule has 0 aromatic heterocycles. The third-order valence-corrected chi connectivity index (χ3v) is 3.38. The van der Waals surface area contributed by atoms with Gasteiger partial charge >= 0.3 is 6.36 Å². The van der Waals surface area contributed by atoms with Gasteiger partial charge in [-0.05, 0) is 25.0 Å². The Morgan fingerprint density at radius 2 is 2.00 bits per heavy atom. The number of hydrogen-bond acceptors (Lipinski definition) is 3. The lowest BCUT2D eigenvalue weighted by Gasteiger charge is -2.32. The molecule has 0 bridgehead atoms. The Hall–Kier alpha value is -1.92. The second-order valence-electron chi connectivity index (χ2n) is 5.00. The van der Waals surface area contributed by atoms with Gasteiger partial charge in [-0.1, -0.05) is 6.07 Å². The number of carbonyl (C=O) groups is 1. The number of likely N-dealkylation sites (tertiary alicyclic amines) is 1. The van der Waals surface area contributed by atoms with Crippen LogP contribution in [0.3, 0.4) is 0 Å². The Bertz CT molecular complexity index is 497. The molecular formula is C14H17F3N2O2. The van der Waals surface area contributed by atoms with Crippen LogP contribution in [0.15, 0.2) is 24.3 Å². The molecule has 1 amide bonds. The molecule has 1 aliphatic rings. The summed E-state index contributed by atoms with van der Waals surface area (Å²) in [7, 11) is 0. The number of anilines is 1. The van der Waals surface area contributed by atoms with Crippen molar-refractivity contribution < 1.29 is 22.7 Å². The first-order chi connectivity index (χ1) is 9.83. The Balaban J connectivity index is 1.92. The zero-order valence-corrected chi connectivity index (χ0v) is 11.6. The van der Waals surface area contributed by atoms with E-state index < -0.39 is 6.36 Å². The topological polar surface area (TPSA) is 41.6 Å². The first-order valence-electron chi connectivity index (χ1n) is 6.71. The van der Waals surface area contributed by atoms with Gasteiger partial charge in [-0.15, -0.1) is 13.2 Å². The Kier molecular flexibility index (Phi) is 4.59. The van der Waals surface area contributed by atoms with E-state index in [1.807, 2.05) is 0 Å². The summed E-state index contributed by atoms with van der Waals surface area (Å²) in [6, 6.07) is 5.93. The summed E-state index contributed by atoms with van der Waals surface area (Å²) in [5.41, 5.74) is 0.582. The molecule has 0 atom stereocenters. The summed E-state index contributed by atoms with van der Waals surface area (Å²) >= 11 is 0. The summed E-state index contributed by atoms with van der Waals surface area (Å²) in [6.45, 7) is 2.85. The number of halogens is 3. The third-order valence-electron chi connectivity index (χ3n) is 3.38. The number of hydrogen-bond donors (Lipinski definition) is 1. The third kappa shape index (κ3) is 4.84. The first kappa shape index (κ1) is 15.5. The van der Waals surface area contributed by atoms with Gasteiger partial charge in [0.05, 0.1) is 0 Å². The molecule has 0 unspecified atom stereocenters. The second kappa shape index (κ2) is 6.24. The molecule has 1 saturated heterocycles. The molecule has 1 fully saturated rings. The first-order valence-corrected chi connectivity index (χ1v) is 6.71. The lowest BCUT2D eigenvalue weighted by atomic mass is 10.0. The van der Waals surface area contributed by atoms with Crippen molar-refractivity contribution in [3.63, 3.8) is 0 Å². The van der Waals surface area contributed by atoms with Crippen LogP contribution in [0, 0.1) is 0 Å². The SMILES string of the molecule is CC(=O)N1CCC(Nc2cccc(OC(F)(F)F)c2)CC1. The molecule has 7 heteroatoms. The van der Waals surface area contributed by atoms with E-state index in [0.717, 1.165) is 12.8 Å². The predicted molar refractivity (Wildman–Crippen MR) is 72.0 cm³/mol. The van der Waals surface area contributed by atoms with Crippen molar-refractivity contribution in [3.8, 4) is 5.75 Å². The molecule has 0 radical (unpaired) electrons. The molecule has 1 N–H and O–H groups in total. The highest BCUT2D eigenvalue weighted by Crippen LogP contribution is 2.26. The fourth-order valence-electron chi connectivity index (χ4n) is 2.36. The molecule has 1 aromatic rings. The molecule has 0 aliphatic carbocycles.